The number of alkyl halides is 3. The molecule has 0 radical (unpaired) electrons. The van der Waals surface area contributed by atoms with Gasteiger partial charge in [0, 0.05) is 18.9 Å². The number of ketones is 1. The SMILES string of the molecule is CC(C)(C)[C@H]1C[C@@H](CN(CC(=O)c2c(Cl)cncc2Cl)C(=O)c2cnn([C@H]3CC[C@H](C(=O)O)CC3)c2C(F)(F)F)C1. The van der Waals surface area contributed by atoms with E-state index >= 15 is 0 Å². The van der Waals surface area contributed by atoms with Gasteiger partial charge in [0.1, 0.15) is 0 Å². The van der Waals surface area contributed by atoms with Gasteiger partial charge in [0.05, 0.1) is 45.9 Å². The summed E-state index contributed by atoms with van der Waals surface area (Å²) in [5, 5.41) is 13.2. The standard InChI is InChI=1S/C28H33Cl2F3N4O4/c1-27(2,3)17-8-15(9-17)13-36(14-22(38)23-20(29)11-34-12-21(23)30)25(39)19-10-35-37(24(19)28(31,32)33)18-6-4-16(5-7-18)26(40)41/h10-12,15-18H,4-9,13-14H2,1-3H3,(H,40,41)/t15-,16-,17+,18-. The number of aromatic nitrogens is 3. The molecule has 0 aromatic carbocycles. The summed E-state index contributed by atoms with van der Waals surface area (Å²) < 4.78 is 44.1. The smallest absolute Gasteiger partial charge is 0.433 e. The van der Waals surface area contributed by atoms with E-state index in [-0.39, 0.29) is 59.2 Å². The Balaban J connectivity index is 1.64. The molecule has 2 aromatic heterocycles. The van der Waals surface area contributed by atoms with E-state index in [0.717, 1.165) is 28.6 Å². The molecule has 0 aliphatic heterocycles. The molecule has 1 amide bonds. The van der Waals surface area contributed by atoms with Crippen LogP contribution in [0.4, 0.5) is 13.2 Å². The predicted molar refractivity (Wildman–Crippen MR) is 146 cm³/mol. The molecule has 41 heavy (non-hydrogen) atoms. The third kappa shape index (κ3) is 6.88. The van der Waals surface area contributed by atoms with Crippen molar-refractivity contribution >= 4 is 40.9 Å². The second-order valence-electron chi connectivity index (χ2n) is 12.2. The maximum absolute atomic E-state index is 14.4. The third-order valence-corrected chi connectivity index (χ3v) is 8.95. The second-order valence-corrected chi connectivity index (χ2v) is 13.0. The molecule has 224 valence electrons. The van der Waals surface area contributed by atoms with Gasteiger partial charge in [-0.2, -0.15) is 18.3 Å². The van der Waals surface area contributed by atoms with Crippen LogP contribution >= 0.6 is 23.2 Å². The number of halogens is 5. The summed E-state index contributed by atoms with van der Waals surface area (Å²) in [5.74, 6) is -2.78. The molecule has 2 aromatic rings. The van der Waals surface area contributed by atoms with Crippen molar-refractivity contribution in [1.82, 2.24) is 19.7 Å². The van der Waals surface area contributed by atoms with E-state index in [0.29, 0.717) is 5.92 Å². The summed E-state index contributed by atoms with van der Waals surface area (Å²) in [6, 6.07) is -0.701. The Morgan fingerprint density at radius 2 is 1.61 bits per heavy atom. The molecule has 2 saturated carbocycles. The van der Waals surface area contributed by atoms with Gasteiger partial charge in [0.15, 0.2) is 11.5 Å². The van der Waals surface area contributed by atoms with E-state index < -0.39 is 53.6 Å². The van der Waals surface area contributed by atoms with Crippen LogP contribution in [0.1, 0.15) is 91.7 Å². The molecule has 0 spiro atoms. The van der Waals surface area contributed by atoms with Gasteiger partial charge in [-0.1, -0.05) is 44.0 Å². The van der Waals surface area contributed by atoms with Crippen LogP contribution in [-0.4, -0.2) is 55.5 Å². The molecule has 8 nitrogen and oxygen atoms in total. The van der Waals surface area contributed by atoms with Crippen molar-refractivity contribution < 1.29 is 32.7 Å². The lowest BCUT2D eigenvalue weighted by atomic mass is 9.63. The van der Waals surface area contributed by atoms with Crippen LogP contribution in [0.25, 0.3) is 0 Å². The van der Waals surface area contributed by atoms with Gasteiger partial charge in [-0.05, 0) is 55.8 Å². The number of hydrogen-bond acceptors (Lipinski definition) is 5. The Labute approximate surface area is 246 Å². The number of rotatable bonds is 8. The van der Waals surface area contributed by atoms with E-state index in [1.807, 2.05) is 0 Å². The van der Waals surface area contributed by atoms with E-state index in [9.17, 15) is 32.7 Å². The largest absolute Gasteiger partial charge is 0.481 e. The van der Waals surface area contributed by atoms with E-state index in [1.54, 1.807) is 0 Å². The minimum Gasteiger partial charge on any atom is -0.481 e. The highest BCUT2D eigenvalue weighted by Crippen LogP contribution is 2.46. The van der Waals surface area contributed by atoms with Crippen LogP contribution in [0.2, 0.25) is 10.0 Å². The molecule has 13 heteroatoms. The summed E-state index contributed by atoms with van der Waals surface area (Å²) in [5.41, 5.74) is -1.85. The maximum Gasteiger partial charge on any atom is 0.433 e. The molecular weight excluding hydrogens is 584 g/mol. The molecule has 1 N–H and O–H groups in total. The number of nitrogens with zero attached hydrogens (tertiary/aromatic N) is 4. The maximum atomic E-state index is 14.4. The fourth-order valence-electron chi connectivity index (χ4n) is 5.87. The molecule has 0 atom stereocenters. The quantitative estimate of drug-likeness (QED) is 0.326. The van der Waals surface area contributed by atoms with Gasteiger partial charge < -0.3 is 10.0 Å². The van der Waals surface area contributed by atoms with Gasteiger partial charge in [-0.15, -0.1) is 0 Å². The van der Waals surface area contributed by atoms with E-state index in [2.05, 4.69) is 30.9 Å². The van der Waals surface area contributed by atoms with Crippen molar-refractivity contribution in [2.45, 2.75) is 71.5 Å². The van der Waals surface area contributed by atoms with Crippen molar-refractivity contribution in [2.75, 3.05) is 13.1 Å². The van der Waals surface area contributed by atoms with Crippen LogP contribution in [0.5, 0.6) is 0 Å². The Hall–Kier alpha value is -2.66. The number of carboxylic acids is 1. The number of aliphatic carboxylic acids is 1. The first-order valence-electron chi connectivity index (χ1n) is 13.6. The molecule has 0 unspecified atom stereocenters. The number of amides is 1. The van der Waals surface area contributed by atoms with Gasteiger partial charge in [0.2, 0.25) is 0 Å². The topological polar surface area (TPSA) is 105 Å². The lowest BCUT2D eigenvalue weighted by Crippen LogP contribution is -2.45. The first-order valence-corrected chi connectivity index (χ1v) is 14.3. The zero-order valence-corrected chi connectivity index (χ0v) is 24.6. The number of carboxylic acid groups (broad SMARTS) is 1. The number of Topliss-reactive ketones (excluding diaryl/α,β-unsaturated/α-hetero) is 1. The third-order valence-electron chi connectivity index (χ3n) is 8.38. The van der Waals surface area contributed by atoms with Crippen LogP contribution in [0.3, 0.4) is 0 Å². The van der Waals surface area contributed by atoms with Gasteiger partial charge in [0.25, 0.3) is 5.91 Å². The van der Waals surface area contributed by atoms with Crippen LogP contribution in [0.15, 0.2) is 18.6 Å². The van der Waals surface area contributed by atoms with Crippen LogP contribution < -0.4 is 0 Å². The van der Waals surface area contributed by atoms with Crippen molar-refractivity contribution in [1.29, 1.82) is 0 Å². The summed E-state index contributed by atoms with van der Waals surface area (Å²) in [6.07, 6.45) is 0.807. The monoisotopic (exact) mass is 616 g/mol. The van der Waals surface area contributed by atoms with Crippen molar-refractivity contribution in [2.24, 2.45) is 23.2 Å². The fraction of sp³-hybridized carbons (Fsp3) is 0.607. The van der Waals surface area contributed by atoms with E-state index in [4.69, 9.17) is 23.2 Å². The normalized spacial score (nSPS) is 23.1. The summed E-state index contributed by atoms with van der Waals surface area (Å²) >= 11 is 12.3. The average molecular weight is 617 g/mol. The minimum atomic E-state index is -4.91. The predicted octanol–water partition coefficient (Wildman–Crippen LogP) is 6.82. The Morgan fingerprint density at radius 1 is 1.02 bits per heavy atom. The van der Waals surface area contributed by atoms with Crippen LogP contribution in [0, 0.1) is 23.2 Å². The molecule has 0 saturated heterocycles. The lowest BCUT2D eigenvalue weighted by molar-refractivity contribution is -0.147. The average Bonchev–Trinajstić information content (AvgIpc) is 3.30. The Morgan fingerprint density at radius 3 is 2.12 bits per heavy atom. The molecule has 2 aliphatic carbocycles. The lowest BCUT2D eigenvalue weighted by Gasteiger charge is -2.45. The highest BCUT2D eigenvalue weighted by molar-refractivity contribution is 6.39. The molecule has 4 rings (SSSR count). The minimum absolute atomic E-state index is 0.00929. The van der Waals surface area contributed by atoms with Gasteiger partial charge in [-0.3, -0.25) is 24.0 Å². The zero-order valence-electron chi connectivity index (χ0n) is 23.0. The summed E-state index contributed by atoms with van der Waals surface area (Å²) in [4.78, 5) is 43.4. The molecule has 2 aliphatic rings. The second kappa shape index (κ2) is 11.9. The van der Waals surface area contributed by atoms with Crippen molar-refractivity contribution in [3.8, 4) is 0 Å². The highest BCUT2D eigenvalue weighted by Gasteiger charge is 2.44. The van der Waals surface area contributed by atoms with Crippen molar-refractivity contribution in [3.05, 3.63) is 45.5 Å². The van der Waals surface area contributed by atoms with Gasteiger partial charge >= 0.3 is 12.1 Å². The Kier molecular flexibility index (Phi) is 9.09. The van der Waals surface area contributed by atoms with Gasteiger partial charge in [-0.25, -0.2) is 0 Å². The summed E-state index contributed by atoms with van der Waals surface area (Å²) in [6.45, 7) is 5.90. The van der Waals surface area contributed by atoms with Crippen LogP contribution in [-0.2, 0) is 11.0 Å². The number of carbonyl (C=O) groups excluding carboxylic acids is 2. The first-order chi connectivity index (χ1) is 19.1. The molecule has 2 heterocycles. The number of carbonyl (C=O) groups is 3. The molecular formula is C28H33Cl2F3N4O4. The molecule has 0 bridgehead atoms. The van der Waals surface area contributed by atoms with E-state index in [1.165, 1.54) is 12.4 Å². The first kappa shape index (κ1) is 31.3. The van der Waals surface area contributed by atoms with Crippen molar-refractivity contribution in [3.63, 3.8) is 0 Å². The number of pyridine rings is 1. The molecule has 2 fully saturated rings. The zero-order chi connectivity index (χ0) is 30.3. The Bertz CT molecular complexity index is 1290. The summed E-state index contributed by atoms with van der Waals surface area (Å²) in [7, 11) is 0. The number of hydrogen-bond donors (Lipinski definition) is 1. The fourth-order valence-corrected chi connectivity index (χ4v) is 6.44. The highest BCUT2D eigenvalue weighted by atomic mass is 35.5.